The van der Waals surface area contributed by atoms with Gasteiger partial charge < -0.3 is 19.4 Å². The molecule has 1 aliphatic carbocycles. The zero-order valence-electron chi connectivity index (χ0n) is 26.3. The maximum absolute atomic E-state index is 5.53. The van der Waals surface area contributed by atoms with E-state index < -0.39 is 0 Å². The first-order valence-corrected chi connectivity index (χ1v) is 16.5. The SMILES string of the molecule is CC.CN(CCN1CCOCC1)c1ccc2nc(C3(C)CC3)nc(N3CCC(c4ccccc4N4CCC4)CC3)c2c1. The van der Waals surface area contributed by atoms with Gasteiger partial charge in [-0.15, -0.1) is 0 Å². The van der Waals surface area contributed by atoms with Gasteiger partial charge in [0.25, 0.3) is 0 Å². The Hall–Kier alpha value is -2.90. The Morgan fingerprint density at radius 2 is 1.64 bits per heavy atom. The summed E-state index contributed by atoms with van der Waals surface area (Å²) in [6.07, 6.45) is 6.04. The van der Waals surface area contributed by atoms with Crippen LogP contribution < -0.4 is 14.7 Å². The van der Waals surface area contributed by atoms with Gasteiger partial charge in [-0.1, -0.05) is 39.0 Å². The molecule has 0 bridgehead atoms. The van der Waals surface area contributed by atoms with Crippen LogP contribution in [0, 0.1) is 0 Å². The number of nitrogens with zero attached hydrogens (tertiary/aromatic N) is 6. The Balaban J connectivity index is 0.00000155. The number of anilines is 3. The van der Waals surface area contributed by atoms with Gasteiger partial charge in [0, 0.05) is 81.6 Å². The zero-order chi connectivity index (χ0) is 29.1. The van der Waals surface area contributed by atoms with E-state index in [2.05, 4.69) is 76.0 Å². The summed E-state index contributed by atoms with van der Waals surface area (Å²) < 4.78 is 5.53. The van der Waals surface area contributed by atoms with Gasteiger partial charge in [-0.05, 0) is 67.9 Å². The van der Waals surface area contributed by atoms with E-state index in [1.54, 1.807) is 5.56 Å². The molecule has 0 N–H and O–H groups in total. The Kier molecular flexibility index (Phi) is 8.87. The second-order valence-corrected chi connectivity index (χ2v) is 12.7. The molecule has 0 amide bonds. The Bertz CT molecular complexity index is 1340. The molecule has 7 nitrogen and oxygen atoms in total. The standard InChI is InChI=1S/C33H44N6O.C2H6/c1-33(12-13-33)32-34-29-9-8-26(36(2)18-19-37-20-22-40-23-21-37)24-28(29)31(35-32)39-16-10-25(11-17-39)27-6-3-4-7-30(27)38-14-5-15-38;1-2/h3-4,6-9,24-25H,5,10-23H2,1-2H3;1-2H3. The molecule has 3 aliphatic heterocycles. The van der Waals surface area contributed by atoms with Gasteiger partial charge in [-0.25, -0.2) is 9.97 Å². The van der Waals surface area contributed by atoms with Gasteiger partial charge in [-0.2, -0.15) is 0 Å². The quantitative estimate of drug-likeness (QED) is 0.326. The molecule has 1 saturated carbocycles. The predicted octanol–water partition coefficient (Wildman–Crippen LogP) is 6.07. The summed E-state index contributed by atoms with van der Waals surface area (Å²) in [6.45, 7) is 16.6. The van der Waals surface area contributed by atoms with E-state index in [0.717, 1.165) is 69.6 Å². The Morgan fingerprint density at radius 1 is 0.905 bits per heavy atom. The summed E-state index contributed by atoms with van der Waals surface area (Å²) in [5.74, 6) is 2.79. The second-order valence-electron chi connectivity index (χ2n) is 12.7. The van der Waals surface area contributed by atoms with Crippen molar-refractivity contribution >= 4 is 28.1 Å². The molecule has 7 heteroatoms. The lowest BCUT2D eigenvalue weighted by atomic mass is 9.87. The summed E-state index contributed by atoms with van der Waals surface area (Å²) in [6, 6.07) is 16.0. The van der Waals surface area contributed by atoms with E-state index in [0.29, 0.717) is 5.92 Å². The molecule has 7 rings (SSSR count). The van der Waals surface area contributed by atoms with Crippen LogP contribution in [0.1, 0.15) is 70.2 Å². The van der Waals surface area contributed by atoms with Crippen molar-refractivity contribution in [3.63, 3.8) is 0 Å². The molecule has 0 radical (unpaired) electrons. The number of likely N-dealkylation sites (N-methyl/N-ethyl adjacent to an activating group) is 1. The van der Waals surface area contributed by atoms with Crippen molar-refractivity contribution in [2.75, 3.05) is 87.3 Å². The van der Waals surface area contributed by atoms with E-state index >= 15 is 0 Å². The topological polar surface area (TPSA) is 48.0 Å². The molecule has 0 spiro atoms. The number of benzene rings is 2. The van der Waals surface area contributed by atoms with Crippen LogP contribution in [0.3, 0.4) is 0 Å². The summed E-state index contributed by atoms with van der Waals surface area (Å²) in [7, 11) is 2.21. The molecule has 4 fully saturated rings. The minimum absolute atomic E-state index is 0.144. The zero-order valence-corrected chi connectivity index (χ0v) is 26.3. The predicted molar refractivity (Wildman–Crippen MR) is 175 cm³/mol. The van der Waals surface area contributed by atoms with Crippen molar-refractivity contribution in [3.8, 4) is 0 Å². The third kappa shape index (κ3) is 6.09. The molecule has 3 saturated heterocycles. The first-order valence-electron chi connectivity index (χ1n) is 16.5. The highest BCUT2D eigenvalue weighted by Crippen LogP contribution is 2.47. The number of rotatable bonds is 8. The molecule has 2 aromatic carbocycles. The third-order valence-electron chi connectivity index (χ3n) is 9.86. The first-order chi connectivity index (χ1) is 20.6. The molecule has 4 aliphatic rings. The molecule has 226 valence electrons. The van der Waals surface area contributed by atoms with Gasteiger partial charge in [-0.3, -0.25) is 4.90 Å². The van der Waals surface area contributed by atoms with Gasteiger partial charge in [0.2, 0.25) is 0 Å². The lowest BCUT2D eigenvalue weighted by Gasteiger charge is -2.39. The number of hydrogen-bond donors (Lipinski definition) is 0. The molecule has 42 heavy (non-hydrogen) atoms. The Morgan fingerprint density at radius 3 is 2.33 bits per heavy atom. The van der Waals surface area contributed by atoms with Crippen LogP contribution >= 0.6 is 0 Å². The summed E-state index contributed by atoms with van der Waals surface area (Å²) in [5.41, 5.74) is 5.49. The molecular formula is C35H50N6O. The van der Waals surface area contributed by atoms with Crippen molar-refractivity contribution in [1.82, 2.24) is 14.9 Å². The Labute approximate surface area is 252 Å². The lowest BCUT2D eigenvalue weighted by Crippen LogP contribution is -2.40. The number of piperidine rings is 1. The third-order valence-corrected chi connectivity index (χ3v) is 9.86. The smallest absolute Gasteiger partial charge is 0.140 e. The average Bonchev–Trinajstić information content (AvgIpc) is 3.78. The minimum Gasteiger partial charge on any atom is -0.379 e. The maximum atomic E-state index is 5.53. The van der Waals surface area contributed by atoms with Crippen molar-refractivity contribution in [1.29, 1.82) is 0 Å². The fraction of sp³-hybridized carbons (Fsp3) is 0.600. The van der Waals surface area contributed by atoms with Crippen molar-refractivity contribution in [3.05, 3.63) is 53.9 Å². The van der Waals surface area contributed by atoms with Gasteiger partial charge >= 0.3 is 0 Å². The maximum Gasteiger partial charge on any atom is 0.140 e. The fourth-order valence-corrected chi connectivity index (χ4v) is 6.59. The molecular weight excluding hydrogens is 520 g/mol. The van der Waals surface area contributed by atoms with Crippen molar-refractivity contribution in [2.45, 2.75) is 64.2 Å². The molecule has 0 atom stereocenters. The van der Waals surface area contributed by atoms with Crippen LogP contribution in [0.5, 0.6) is 0 Å². The summed E-state index contributed by atoms with van der Waals surface area (Å²) in [5, 5.41) is 1.20. The second kappa shape index (κ2) is 12.8. The normalized spacial score (nSPS) is 20.6. The van der Waals surface area contributed by atoms with Crippen LogP contribution in [0.25, 0.3) is 10.9 Å². The largest absolute Gasteiger partial charge is 0.379 e. The highest BCUT2D eigenvalue weighted by atomic mass is 16.5. The molecule has 0 unspecified atom stereocenters. The van der Waals surface area contributed by atoms with E-state index in [9.17, 15) is 0 Å². The van der Waals surface area contributed by atoms with Crippen LogP contribution in [-0.4, -0.2) is 87.5 Å². The lowest BCUT2D eigenvalue weighted by molar-refractivity contribution is 0.0393. The highest BCUT2D eigenvalue weighted by Gasteiger charge is 2.43. The summed E-state index contributed by atoms with van der Waals surface area (Å²) in [4.78, 5) is 20.4. The van der Waals surface area contributed by atoms with Crippen molar-refractivity contribution in [2.24, 2.45) is 0 Å². The number of morpholine rings is 1. The van der Waals surface area contributed by atoms with E-state index in [1.807, 2.05) is 13.8 Å². The number of ether oxygens (including phenoxy) is 1. The van der Waals surface area contributed by atoms with E-state index in [1.165, 1.54) is 62.0 Å². The first kappa shape index (κ1) is 29.2. The van der Waals surface area contributed by atoms with E-state index in [4.69, 9.17) is 14.7 Å². The number of fused-ring (bicyclic) bond motifs is 1. The number of para-hydroxylation sites is 1. The van der Waals surface area contributed by atoms with Gasteiger partial charge in [0.15, 0.2) is 0 Å². The minimum atomic E-state index is 0.144. The highest BCUT2D eigenvalue weighted by molar-refractivity contribution is 5.92. The molecule has 3 aromatic rings. The van der Waals surface area contributed by atoms with Crippen LogP contribution in [-0.2, 0) is 10.2 Å². The fourth-order valence-electron chi connectivity index (χ4n) is 6.59. The van der Waals surface area contributed by atoms with Crippen LogP contribution in [0.2, 0.25) is 0 Å². The summed E-state index contributed by atoms with van der Waals surface area (Å²) >= 11 is 0. The van der Waals surface area contributed by atoms with Crippen molar-refractivity contribution < 1.29 is 4.74 Å². The van der Waals surface area contributed by atoms with Crippen LogP contribution in [0.15, 0.2) is 42.5 Å². The van der Waals surface area contributed by atoms with Gasteiger partial charge in [0.1, 0.15) is 11.6 Å². The number of hydrogen-bond acceptors (Lipinski definition) is 7. The average molecular weight is 571 g/mol. The molecule has 4 heterocycles. The molecule has 1 aromatic heterocycles. The monoisotopic (exact) mass is 570 g/mol. The number of aromatic nitrogens is 2. The van der Waals surface area contributed by atoms with E-state index in [-0.39, 0.29) is 5.41 Å². The van der Waals surface area contributed by atoms with Gasteiger partial charge in [0.05, 0.1) is 18.7 Å². The van der Waals surface area contributed by atoms with Crippen LogP contribution in [0.4, 0.5) is 17.2 Å².